The van der Waals surface area contributed by atoms with Gasteiger partial charge in [-0.15, -0.1) is 5.10 Å². The van der Waals surface area contributed by atoms with Crippen LogP contribution >= 0.6 is 0 Å². The van der Waals surface area contributed by atoms with Crippen molar-refractivity contribution in [2.24, 2.45) is 11.7 Å². The molecule has 51 heavy (non-hydrogen) atoms. The molecule has 7 N–H and O–H groups in total. The highest BCUT2D eigenvalue weighted by Crippen LogP contribution is 2.20. The van der Waals surface area contributed by atoms with E-state index < -0.39 is 36.0 Å². The fourth-order valence-corrected chi connectivity index (χ4v) is 4.94. The molecule has 3 atom stereocenters. The Morgan fingerprint density at radius 3 is 2.10 bits per heavy atom. The van der Waals surface area contributed by atoms with E-state index in [9.17, 15) is 24.0 Å². The Labute approximate surface area is 306 Å². The first-order valence-electron chi connectivity index (χ1n) is 18.5. The van der Waals surface area contributed by atoms with Crippen molar-refractivity contribution in [1.29, 1.82) is 0 Å². The lowest BCUT2D eigenvalue weighted by Gasteiger charge is -2.28. The standard InChI is InChI=1S/C34H63N9O6.C2H6/c1-11-13-27(44)25(14-12-18-36-32(35)48)39-31(47)29(22(2)3)40-30(46)26(38-23(4)5)15-16-28(45)37-20-24-21-43(42-41-24)34(9,10)17-19-49-33(6,7)8;1-2/h21-23,25-26,29,38H,11-20H2,1-10H3,(H,37,45)(H,39,47)(H,40,46)(H3,35,36,48);1-2H3. The van der Waals surface area contributed by atoms with Crippen LogP contribution in [0.2, 0.25) is 0 Å². The number of rotatable bonds is 23. The molecule has 294 valence electrons. The lowest BCUT2D eigenvalue weighted by molar-refractivity contribution is -0.133. The number of amides is 5. The highest BCUT2D eigenvalue weighted by atomic mass is 16.5. The molecule has 3 unspecified atom stereocenters. The summed E-state index contributed by atoms with van der Waals surface area (Å²) in [6.45, 7) is 24.4. The Kier molecular flexibility index (Phi) is 22.1. The summed E-state index contributed by atoms with van der Waals surface area (Å²) in [6.07, 6.45) is 4.47. The summed E-state index contributed by atoms with van der Waals surface area (Å²) in [4.78, 5) is 63.5. The molecule has 0 spiro atoms. The van der Waals surface area contributed by atoms with Crippen LogP contribution < -0.4 is 32.3 Å². The summed E-state index contributed by atoms with van der Waals surface area (Å²) in [5.74, 6) is -1.55. The molecule has 0 radical (unpaired) electrons. The van der Waals surface area contributed by atoms with Gasteiger partial charge in [-0.05, 0) is 72.6 Å². The van der Waals surface area contributed by atoms with E-state index in [1.807, 2.05) is 75.4 Å². The molecule has 5 amide bonds. The number of ketones is 1. The SMILES string of the molecule is CC.CCCC(=O)C(CCCNC(N)=O)NC(=O)C(NC(=O)C(CCC(=O)NCc1cn(C(C)(C)CCOC(C)(C)C)nn1)NC(C)C)C(C)C. The van der Waals surface area contributed by atoms with E-state index >= 15 is 0 Å². The van der Waals surface area contributed by atoms with Crippen molar-refractivity contribution in [3.05, 3.63) is 11.9 Å². The van der Waals surface area contributed by atoms with E-state index in [2.05, 4.69) is 36.9 Å². The van der Waals surface area contributed by atoms with Crippen molar-refractivity contribution in [1.82, 2.24) is 41.6 Å². The average molecular weight is 724 g/mol. The summed E-state index contributed by atoms with van der Waals surface area (Å²) in [5, 5.41) is 22.7. The quantitative estimate of drug-likeness (QED) is 0.0912. The topological polar surface area (TPSA) is 211 Å². The molecule has 0 saturated heterocycles. The van der Waals surface area contributed by atoms with E-state index in [1.54, 1.807) is 18.5 Å². The fourth-order valence-electron chi connectivity index (χ4n) is 4.94. The molecule has 0 aliphatic rings. The van der Waals surface area contributed by atoms with Crippen LogP contribution in [0.15, 0.2) is 6.20 Å². The minimum absolute atomic E-state index is 0.0626. The molecule has 0 aromatic carbocycles. The third kappa shape index (κ3) is 20.1. The largest absolute Gasteiger partial charge is 0.376 e. The third-order valence-electron chi connectivity index (χ3n) is 7.80. The lowest BCUT2D eigenvalue weighted by atomic mass is 9.99. The summed E-state index contributed by atoms with van der Waals surface area (Å²) < 4.78 is 7.64. The predicted molar refractivity (Wildman–Crippen MR) is 200 cm³/mol. The molecule has 1 heterocycles. The van der Waals surface area contributed by atoms with Gasteiger partial charge in [0.15, 0.2) is 5.78 Å². The second-order valence-electron chi connectivity index (χ2n) is 14.8. The monoisotopic (exact) mass is 724 g/mol. The van der Waals surface area contributed by atoms with Crippen molar-refractivity contribution >= 4 is 29.5 Å². The van der Waals surface area contributed by atoms with Gasteiger partial charge >= 0.3 is 6.03 Å². The molecule has 15 nitrogen and oxygen atoms in total. The van der Waals surface area contributed by atoms with Crippen LogP contribution in [0, 0.1) is 5.92 Å². The molecular formula is C36H69N9O6. The van der Waals surface area contributed by atoms with E-state index in [0.29, 0.717) is 38.0 Å². The summed E-state index contributed by atoms with van der Waals surface area (Å²) in [5.41, 5.74) is 5.17. The molecule has 0 fully saturated rings. The number of carbonyl (C=O) groups excluding carboxylic acids is 5. The number of nitrogens with one attached hydrogen (secondary N) is 5. The highest BCUT2D eigenvalue weighted by Gasteiger charge is 2.31. The molecule has 1 rings (SSSR count). The Hall–Kier alpha value is -3.59. The van der Waals surface area contributed by atoms with E-state index in [-0.39, 0.29) is 60.7 Å². The first-order chi connectivity index (χ1) is 23.7. The Morgan fingerprint density at radius 2 is 1.55 bits per heavy atom. The second kappa shape index (κ2) is 23.8. The molecule has 1 aromatic heterocycles. The van der Waals surface area contributed by atoms with Gasteiger partial charge in [0, 0.05) is 32.0 Å². The minimum atomic E-state index is -0.912. The number of primary amides is 1. The summed E-state index contributed by atoms with van der Waals surface area (Å²) in [7, 11) is 0. The third-order valence-corrected chi connectivity index (χ3v) is 7.80. The second-order valence-corrected chi connectivity index (χ2v) is 14.8. The molecule has 15 heteroatoms. The van der Waals surface area contributed by atoms with Gasteiger partial charge in [0.05, 0.1) is 36.0 Å². The lowest BCUT2D eigenvalue weighted by Crippen LogP contribution is -2.57. The maximum Gasteiger partial charge on any atom is 0.312 e. The molecule has 0 bridgehead atoms. The van der Waals surface area contributed by atoms with Gasteiger partial charge in [-0.25, -0.2) is 9.48 Å². The van der Waals surface area contributed by atoms with Gasteiger partial charge in [-0.2, -0.15) is 0 Å². The van der Waals surface area contributed by atoms with Crippen LogP contribution in [-0.4, -0.2) is 87.4 Å². The van der Waals surface area contributed by atoms with E-state index in [4.69, 9.17) is 10.5 Å². The van der Waals surface area contributed by atoms with Crippen LogP contribution in [-0.2, 0) is 36.0 Å². The highest BCUT2D eigenvalue weighted by molar-refractivity contribution is 5.94. The van der Waals surface area contributed by atoms with Gasteiger partial charge in [0.1, 0.15) is 11.7 Å². The summed E-state index contributed by atoms with van der Waals surface area (Å²) >= 11 is 0. The van der Waals surface area contributed by atoms with Crippen molar-refractivity contribution in [3.8, 4) is 0 Å². The molecule has 0 aliphatic carbocycles. The Bertz CT molecular complexity index is 1210. The number of urea groups is 1. The molecule has 0 aliphatic heterocycles. The number of nitrogens with two attached hydrogens (primary N) is 1. The van der Waals surface area contributed by atoms with E-state index in [0.717, 1.165) is 6.42 Å². The average Bonchev–Trinajstić information content (AvgIpc) is 3.52. The first-order valence-corrected chi connectivity index (χ1v) is 18.5. The van der Waals surface area contributed by atoms with Crippen LogP contribution in [0.1, 0.15) is 134 Å². The van der Waals surface area contributed by atoms with Gasteiger partial charge < -0.3 is 37.1 Å². The van der Waals surface area contributed by atoms with Crippen molar-refractivity contribution in [3.63, 3.8) is 0 Å². The zero-order chi connectivity index (χ0) is 39.4. The summed E-state index contributed by atoms with van der Waals surface area (Å²) in [6, 6.07) is -3.14. The molecular weight excluding hydrogens is 654 g/mol. The van der Waals surface area contributed by atoms with Gasteiger partial charge in [0.25, 0.3) is 0 Å². The van der Waals surface area contributed by atoms with Crippen molar-refractivity contribution in [2.75, 3.05) is 13.2 Å². The number of aromatic nitrogens is 3. The number of ether oxygens (including phenoxy) is 1. The minimum Gasteiger partial charge on any atom is -0.376 e. The van der Waals surface area contributed by atoms with E-state index in [1.165, 1.54) is 0 Å². The van der Waals surface area contributed by atoms with Gasteiger partial charge in [-0.3, -0.25) is 19.2 Å². The fraction of sp³-hybridized carbons (Fsp3) is 0.806. The van der Waals surface area contributed by atoms with Crippen molar-refractivity contribution in [2.45, 2.75) is 170 Å². The number of nitrogens with zero attached hydrogens (tertiary/aromatic N) is 3. The zero-order valence-corrected chi connectivity index (χ0v) is 33.4. The normalized spacial score (nSPS) is 13.5. The van der Waals surface area contributed by atoms with Crippen LogP contribution in [0.5, 0.6) is 0 Å². The molecule has 0 saturated carbocycles. The Balaban J connectivity index is 0.0000123. The predicted octanol–water partition coefficient (Wildman–Crippen LogP) is 3.45. The number of Topliss-reactive ketones (excluding diaryl/α,β-unsaturated/α-hetero) is 1. The Morgan fingerprint density at radius 1 is 0.902 bits per heavy atom. The van der Waals surface area contributed by atoms with Crippen LogP contribution in [0.4, 0.5) is 4.79 Å². The number of hydrogen-bond acceptors (Lipinski definition) is 9. The first kappa shape index (κ1) is 47.4. The number of hydrogen-bond donors (Lipinski definition) is 6. The molecule has 1 aromatic rings. The van der Waals surface area contributed by atoms with Crippen molar-refractivity contribution < 1.29 is 28.7 Å². The maximum atomic E-state index is 13.5. The van der Waals surface area contributed by atoms with Gasteiger partial charge in [0.2, 0.25) is 17.7 Å². The van der Waals surface area contributed by atoms with Crippen LogP contribution in [0.25, 0.3) is 0 Å². The van der Waals surface area contributed by atoms with Gasteiger partial charge in [-0.1, -0.05) is 53.7 Å². The smallest absolute Gasteiger partial charge is 0.312 e. The zero-order valence-electron chi connectivity index (χ0n) is 33.4. The number of carbonyl (C=O) groups is 5. The maximum absolute atomic E-state index is 13.5. The van der Waals surface area contributed by atoms with Crippen LogP contribution in [0.3, 0.4) is 0 Å².